The molecule has 0 unspecified atom stereocenters. The van der Waals surface area contributed by atoms with Crippen LogP contribution in [-0.2, 0) is 4.79 Å². The van der Waals surface area contributed by atoms with E-state index in [2.05, 4.69) is 5.32 Å². The highest BCUT2D eigenvalue weighted by Gasteiger charge is 2.17. The Bertz CT molecular complexity index is 697. The van der Waals surface area contributed by atoms with E-state index < -0.39 is 6.10 Å². The third-order valence-electron chi connectivity index (χ3n) is 3.53. The molecular weight excluding hydrogens is 298 g/mol. The van der Waals surface area contributed by atoms with Gasteiger partial charge in [-0.3, -0.25) is 4.79 Å². The molecule has 2 aromatic carbocycles. The summed E-state index contributed by atoms with van der Waals surface area (Å²) in [5.41, 5.74) is 3.72. The Morgan fingerprint density at radius 1 is 1.18 bits per heavy atom. The van der Waals surface area contributed by atoms with Gasteiger partial charge in [0, 0.05) is 10.7 Å². The average molecular weight is 318 g/mol. The maximum atomic E-state index is 12.3. The lowest BCUT2D eigenvalue weighted by molar-refractivity contribution is -0.122. The number of hydrogen-bond donors (Lipinski definition) is 1. The lowest BCUT2D eigenvalue weighted by Crippen LogP contribution is -2.30. The summed E-state index contributed by atoms with van der Waals surface area (Å²) in [5.74, 6) is 0.515. The lowest BCUT2D eigenvalue weighted by atomic mass is 10.1. The van der Waals surface area contributed by atoms with E-state index in [0.29, 0.717) is 10.7 Å². The number of hydrogen-bond acceptors (Lipinski definition) is 2. The summed E-state index contributed by atoms with van der Waals surface area (Å²) < 4.78 is 5.76. The second-order valence-corrected chi connectivity index (χ2v) is 5.84. The van der Waals surface area contributed by atoms with Gasteiger partial charge in [-0.05, 0) is 57.0 Å². The number of carbonyl (C=O) groups is 1. The van der Waals surface area contributed by atoms with Crippen molar-refractivity contribution in [1.82, 2.24) is 0 Å². The van der Waals surface area contributed by atoms with Gasteiger partial charge in [-0.25, -0.2) is 0 Å². The third kappa shape index (κ3) is 3.80. The number of nitrogens with one attached hydrogen (secondary N) is 1. The van der Waals surface area contributed by atoms with Crippen molar-refractivity contribution < 1.29 is 9.53 Å². The van der Waals surface area contributed by atoms with Crippen LogP contribution in [0.15, 0.2) is 36.4 Å². The highest BCUT2D eigenvalue weighted by Crippen LogP contribution is 2.24. The van der Waals surface area contributed by atoms with Crippen molar-refractivity contribution in [2.24, 2.45) is 0 Å². The van der Waals surface area contributed by atoms with Crippen molar-refractivity contribution in [1.29, 1.82) is 0 Å². The second-order valence-electron chi connectivity index (χ2n) is 5.43. The van der Waals surface area contributed by atoms with Crippen LogP contribution in [0, 0.1) is 20.8 Å². The lowest BCUT2D eigenvalue weighted by Gasteiger charge is -2.17. The van der Waals surface area contributed by atoms with Crippen LogP contribution in [0.1, 0.15) is 23.6 Å². The molecule has 0 saturated carbocycles. The maximum absolute atomic E-state index is 12.3. The first kappa shape index (κ1) is 16.4. The molecule has 0 aliphatic carbocycles. The van der Waals surface area contributed by atoms with Crippen LogP contribution in [0.4, 0.5) is 5.69 Å². The molecule has 0 heterocycles. The highest BCUT2D eigenvalue weighted by molar-refractivity contribution is 6.31. The zero-order valence-corrected chi connectivity index (χ0v) is 14.0. The molecule has 0 aliphatic rings. The van der Waals surface area contributed by atoms with Gasteiger partial charge in [0.1, 0.15) is 5.75 Å². The molecule has 1 amide bonds. The maximum Gasteiger partial charge on any atom is 0.265 e. The fraction of sp³-hybridized carbons (Fsp3) is 0.278. The Morgan fingerprint density at radius 3 is 2.59 bits per heavy atom. The van der Waals surface area contributed by atoms with Gasteiger partial charge < -0.3 is 10.1 Å². The van der Waals surface area contributed by atoms with Crippen molar-refractivity contribution in [2.75, 3.05) is 5.32 Å². The largest absolute Gasteiger partial charge is 0.481 e. The van der Waals surface area contributed by atoms with Gasteiger partial charge in [0.2, 0.25) is 0 Å². The van der Waals surface area contributed by atoms with Gasteiger partial charge >= 0.3 is 0 Å². The van der Waals surface area contributed by atoms with Gasteiger partial charge in [0.15, 0.2) is 6.10 Å². The van der Waals surface area contributed by atoms with E-state index in [9.17, 15) is 4.79 Å². The smallest absolute Gasteiger partial charge is 0.265 e. The number of rotatable bonds is 4. The molecule has 0 aromatic heterocycles. The van der Waals surface area contributed by atoms with Crippen LogP contribution in [-0.4, -0.2) is 12.0 Å². The number of benzene rings is 2. The first-order valence-electron chi connectivity index (χ1n) is 7.18. The van der Waals surface area contributed by atoms with E-state index in [1.165, 1.54) is 0 Å². The van der Waals surface area contributed by atoms with E-state index in [1.54, 1.807) is 19.1 Å². The Labute approximate surface area is 136 Å². The summed E-state index contributed by atoms with van der Waals surface area (Å²) in [6.07, 6.45) is -0.597. The summed E-state index contributed by atoms with van der Waals surface area (Å²) in [6.45, 7) is 7.59. The van der Waals surface area contributed by atoms with Crippen LogP contribution in [0.5, 0.6) is 5.75 Å². The molecule has 0 radical (unpaired) electrons. The van der Waals surface area contributed by atoms with Crippen LogP contribution in [0.25, 0.3) is 0 Å². The predicted molar refractivity (Wildman–Crippen MR) is 90.8 cm³/mol. The highest BCUT2D eigenvalue weighted by atomic mass is 35.5. The van der Waals surface area contributed by atoms with E-state index in [1.807, 2.05) is 45.0 Å². The summed E-state index contributed by atoms with van der Waals surface area (Å²) in [6, 6.07) is 11.3. The molecule has 1 N–H and O–H groups in total. The van der Waals surface area contributed by atoms with Crippen LogP contribution in [0.3, 0.4) is 0 Å². The van der Waals surface area contributed by atoms with E-state index >= 15 is 0 Å². The Kier molecular flexibility index (Phi) is 5.09. The van der Waals surface area contributed by atoms with Crippen LogP contribution < -0.4 is 10.1 Å². The molecule has 0 spiro atoms. The van der Waals surface area contributed by atoms with Crippen LogP contribution in [0.2, 0.25) is 5.02 Å². The summed E-state index contributed by atoms with van der Waals surface area (Å²) in [5, 5.41) is 3.48. The minimum absolute atomic E-state index is 0.203. The topological polar surface area (TPSA) is 38.3 Å². The molecular formula is C18H20ClNO2. The molecule has 116 valence electrons. The first-order chi connectivity index (χ1) is 10.4. The van der Waals surface area contributed by atoms with Crippen molar-refractivity contribution in [3.63, 3.8) is 0 Å². The predicted octanol–water partition coefficient (Wildman–Crippen LogP) is 4.67. The molecule has 0 aliphatic heterocycles. The standard InChI is InChI=1S/C18H20ClNO2/c1-11-8-9-17(12(2)10-11)22-14(4)18(21)20-16-7-5-6-15(19)13(16)3/h5-10,14H,1-4H3,(H,20,21)/t14-/m0/s1. The van der Waals surface area contributed by atoms with Crippen LogP contribution >= 0.6 is 11.6 Å². The number of anilines is 1. The van der Waals surface area contributed by atoms with Gasteiger partial charge in [-0.2, -0.15) is 0 Å². The number of ether oxygens (including phenoxy) is 1. The van der Waals surface area contributed by atoms with E-state index in [-0.39, 0.29) is 5.91 Å². The zero-order chi connectivity index (χ0) is 16.3. The van der Waals surface area contributed by atoms with Crippen molar-refractivity contribution >= 4 is 23.2 Å². The summed E-state index contributed by atoms with van der Waals surface area (Å²) >= 11 is 6.06. The fourth-order valence-corrected chi connectivity index (χ4v) is 2.33. The molecule has 0 saturated heterocycles. The van der Waals surface area contributed by atoms with Crippen molar-refractivity contribution in [2.45, 2.75) is 33.8 Å². The van der Waals surface area contributed by atoms with Gasteiger partial charge in [0.25, 0.3) is 5.91 Å². The molecule has 4 heteroatoms. The normalized spacial score (nSPS) is 11.9. The second kappa shape index (κ2) is 6.84. The molecule has 1 atom stereocenters. The number of aryl methyl sites for hydroxylation is 2. The molecule has 2 rings (SSSR count). The molecule has 0 fully saturated rings. The molecule has 22 heavy (non-hydrogen) atoms. The van der Waals surface area contributed by atoms with E-state index in [4.69, 9.17) is 16.3 Å². The zero-order valence-electron chi connectivity index (χ0n) is 13.2. The quantitative estimate of drug-likeness (QED) is 0.889. The Morgan fingerprint density at radius 2 is 1.91 bits per heavy atom. The molecule has 2 aromatic rings. The number of carbonyl (C=O) groups excluding carboxylic acids is 1. The monoisotopic (exact) mass is 317 g/mol. The molecule has 3 nitrogen and oxygen atoms in total. The Balaban J connectivity index is 2.07. The van der Waals surface area contributed by atoms with Crippen molar-refractivity contribution in [3.05, 3.63) is 58.1 Å². The van der Waals surface area contributed by atoms with Gasteiger partial charge in [-0.15, -0.1) is 0 Å². The Hall–Kier alpha value is -2.00. The van der Waals surface area contributed by atoms with Crippen molar-refractivity contribution in [3.8, 4) is 5.75 Å². The summed E-state index contributed by atoms with van der Waals surface area (Å²) in [7, 11) is 0. The minimum atomic E-state index is -0.597. The first-order valence-corrected chi connectivity index (χ1v) is 7.56. The van der Waals surface area contributed by atoms with E-state index in [0.717, 1.165) is 22.4 Å². The molecule has 0 bridgehead atoms. The SMILES string of the molecule is Cc1ccc(O[C@@H](C)C(=O)Nc2cccc(Cl)c2C)c(C)c1. The fourth-order valence-electron chi connectivity index (χ4n) is 2.15. The minimum Gasteiger partial charge on any atom is -0.481 e. The third-order valence-corrected chi connectivity index (χ3v) is 3.94. The average Bonchev–Trinajstić information content (AvgIpc) is 2.46. The van der Waals surface area contributed by atoms with Gasteiger partial charge in [0.05, 0.1) is 0 Å². The number of halogens is 1. The van der Waals surface area contributed by atoms with Gasteiger partial charge in [-0.1, -0.05) is 35.4 Å². The number of amides is 1. The summed E-state index contributed by atoms with van der Waals surface area (Å²) in [4.78, 5) is 12.3.